The van der Waals surface area contributed by atoms with Crippen molar-refractivity contribution in [3.05, 3.63) is 59.7 Å². The number of para-hydroxylation sites is 1. The number of aliphatic hydroxyl groups excluding tert-OH is 1. The minimum atomic E-state index is -0.631. The van der Waals surface area contributed by atoms with E-state index in [1.807, 2.05) is 54.6 Å². The number of carbonyl (C=O) groups excluding carboxylic acids is 1. The summed E-state index contributed by atoms with van der Waals surface area (Å²) in [4.78, 5) is 11.5. The van der Waals surface area contributed by atoms with Crippen LogP contribution in [-0.2, 0) is 11.2 Å². The molecule has 1 aliphatic rings. The van der Waals surface area contributed by atoms with Crippen molar-refractivity contribution in [2.24, 2.45) is 0 Å². The van der Waals surface area contributed by atoms with Gasteiger partial charge in [0, 0.05) is 36.3 Å². The largest absolute Gasteiger partial charge is 0.496 e. The van der Waals surface area contributed by atoms with Gasteiger partial charge in [-0.1, -0.05) is 36.4 Å². The Morgan fingerprint density at radius 2 is 2.00 bits per heavy atom. The van der Waals surface area contributed by atoms with Crippen molar-refractivity contribution in [1.29, 1.82) is 0 Å². The van der Waals surface area contributed by atoms with Crippen molar-refractivity contribution >= 4 is 17.7 Å². The number of rotatable bonds is 9. The number of nitrogens with one attached hydrogen (secondary N) is 2. The van der Waals surface area contributed by atoms with Gasteiger partial charge in [0.15, 0.2) is 0 Å². The lowest BCUT2D eigenvalue weighted by Gasteiger charge is -2.21. The fourth-order valence-electron chi connectivity index (χ4n) is 3.10. The van der Waals surface area contributed by atoms with Crippen molar-refractivity contribution in [3.8, 4) is 11.5 Å². The third kappa shape index (κ3) is 5.34. The lowest BCUT2D eigenvalue weighted by atomic mass is 10.0. The van der Waals surface area contributed by atoms with Gasteiger partial charge >= 0.3 is 0 Å². The molecule has 3 N–H and O–H groups in total. The number of hydrogen-bond acceptors (Lipinski definition) is 5. The standard InChI is InChI=1S/C22H26N2O4/c1-27-20-9-3-2-6-16(20)7-5-13-23-14-17(25)15-28-21-10-4-8-19-18(21)11-12-22(26)24-19/h2-10,17,23,25H,11-15H2,1H3,(H,24,26)/b7-5+. The lowest BCUT2D eigenvalue weighted by Crippen LogP contribution is -2.31. The predicted molar refractivity (Wildman–Crippen MR) is 110 cm³/mol. The molecule has 0 aliphatic carbocycles. The fourth-order valence-corrected chi connectivity index (χ4v) is 3.10. The van der Waals surface area contributed by atoms with Gasteiger partial charge in [-0.05, 0) is 24.6 Å². The van der Waals surface area contributed by atoms with Crippen LogP contribution in [0.5, 0.6) is 11.5 Å². The van der Waals surface area contributed by atoms with Crippen LogP contribution < -0.4 is 20.1 Å². The second-order valence-corrected chi connectivity index (χ2v) is 6.60. The van der Waals surface area contributed by atoms with E-state index in [0.717, 1.165) is 22.6 Å². The van der Waals surface area contributed by atoms with Crippen molar-refractivity contribution in [2.45, 2.75) is 18.9 Å². The third-order valence-electron chi connectivity index (χ3n) is 4.52. The SMILES string of the molecule is COc1ccccc1/C=C/CNCC(O)COc1cccc2c1CCC(=O)N2. The Labute approximate surface area is 165 Å². The van der Waals surface area contributed by atoms with E-state index in [4.69, 9.17) is 9.47 Å². The third-order valence-corrected chi connectivity index (χ3v) is 4.52. The van der Waals surface area contributed by atoms with Gasteiger partial charge in [0.05, 0.1) is 7.11 Å². The Balaban J connectivity index is 1.42. The normalized spacial score (nSPS) is 14.4. The molecular weight excluding hydrogens is 356 g/mol. The van der Waals surface area contributed by atoms with Crippen LogP contribution in [0.1, 0.15) is 17.5 Å². The summed E-state index contributed by atoms with van der Waals surface area (Å²) >= 11 is 0. The number of amides is 1. The molecule has 0 spiro atoms. The highest BCUT2D eigenvalue weighted by Crippen LogP contribution is 2.31. The number of anilines is 1. The number of fused-ring (bicyclic) bond motifs is 1. The molecule has 1 heterocycles. The van der Waals surface area contributed by atoms with Gasteiger partial charge in [0.25, 0.3) is 0 Å². The summed E-state index contributed by atoms with van der Waals surface area (Å²) in [7, 11) is 1.65. The number of hydrogen-bond donors (Lipinski definition) is 3. The van der Waals surface area contributed by atoms with E-state index in [-0.39, 0.29) is 12.5 Å². The second kappa shape index (κ2) is 9.92. The highest BCUT2D eigenvalue weighted by molar-refractivity contribution is 5.94. The zero-order valence-electron chi connectivity index (χ0n) is 16.0. The molecule has 0 fully saturated rings. The Kier molecular flexibility index (Phi) is 7.06. The first kappa shape index (κ1) is 19.9. The smallest absolute Gasteiger partial charge is 0.224 e. The number of benzene rings is 2. The molecule has 28 heavy (non-hydrogen) atoms. The Bertz CT molecular complexity index is 835. The highest BCUT2D eigenvalue weighted by atomic mass is 16.5. The summed E-state index contributed by atoms with van der Waals surface area (Å²) in [6, 6.07) is 13.4. The summed E-state index contributed by atoms with van der Waals surface area (Å²) in [5.74, 6) is 1.57. The Hall–Kier alpha value is -2.83. The minimum Gasteiger partial charge on any atom is -0.496 e. The average Bonchev–Trinajstić information content (AvgIpc) is 2.72. The van der Waals surface area contributed by atoms with Gasteiger partial charge in [-0.3, -0.25) is 4.79 Å². The fraction of sp³-hybridized carbons (Fsp3) is 0.318. The van der Waals surface area contributed by atoms with Crippen molar-refractivity contribution in [1.82, 2.24) is 5.32 Å². The summed E-state index contributed by atoms with van der Waals surface area (Å²) in [5, 5.41) is 16.2. The molecular formula is C22H26N2O4. The van der Waals surface area contributed by atoms with Crippen LogP contribution in [-0.4, -0.2) is 43.9 Å². The molecule has 3 rings (SSSR count). The van der Waals surface area contributed by atoms with E-state index in [9.17, 15) is 9.90 Å². The first-order valence-electron chi connectivity index (χ1n) is 9.40. The number of ether oxygens (including phenoxy) is 2. The maximum absolute atomic E-state index is 11.5. The predicted octanol–water partition coefficient (Wildman–Crippen LogP) is 2.62. The van der Waals surface area contributed by atoms with Crippen LogP contribution in [0.3, 0.4) is 0 Å². The maximum Gasteiger partial charge on any atom is 0.224 e. The Morgan fingerprint density at radius 1 is 1.18 bits per heavy atom. The molecule has 1 unspecified atom stereocenters. The van der Waals surface area contributed by atoms with Gasteiger partial charge in [0.2, 0.25) is 5.91 Å². The van der Waals surface area contributed by atoms with Gasteiger partial charge in [-0.2, -0.15) is 0 Å². The van der Waals surface area contributed by atoms with E-state index in [0.29, 0.717) is 31.7 Å². The first-order valence-corrected chi connectivity index (χ1v) is 9.40. The number of carbonyl (C=O) groups is 1. The molecule has 6 heteroatoms. The van der Waals surface area contributed by atoms with E-state index in [2.05, 4.69) is 10.6 Å². The van der Waals surface area contributed by atoms with Crippen molar-refractivity contribution in [2.75, 3.05) is 32.1 Å². The van der Waals surface area contributed by atoms with Gasteiger partial charge in [-0.15, -0.1) is 0 Å². The molecule has 1 atom stereocenters. The molecule has 1 amide bonds. The summed E-state index contributed by atoms with van der Waals surface area (Å²) in [6.45, 7) is 1.23. The maximum atomic E-state index is 11.5. The van der Waals surface area contributed by atoms with Gasteiger partial charge < -0.3 is 25.2 Å². The van der Waals surface area contributed by atoms with Crippen LogP contribution in [0.25, 0.3) is 6.08 Å². The first-order chi connectivity index (χ1) is 13.7. The minimum absolute atomic E-state index is 0.0232. The van der Waals surface area contributed by atoms with E-state index >= 15 is 0 Å². The molecule has 2 aromatic carbocycles. The molecule has 6 nitrogen and oxygen atoms in total. The van der Waals surface area contributed by atoms with Crippen LogP contribution in [0, 0.1) is 0 Å². The monoisotopic (exact) mass is 382 g/mol. The lowest BCUT2D eigenvalue weighted by molar-refractivity contribution is -0.116. The Morgan fingerprint density at radius 3 is 2.86 bits per heavy atom. The molecule has 0 radical (unpaired) electrons. The molecule has 0 saturated heterocycles. The zero-order valence-corrected chi connectivity index (χ0v) is 16.0. The van der Waals surface area contributed by atoms with Crippen LogP contribution >= 0.6 is 0 Å². The van der Waals surface area contributed by atoms with Crippen molar-refractivity contribution < 1.29 is 19.4 Å². The second-order valence-electron chi connectivity index (χ2n) is 6.60. The molecule has 2 aromatic rings. The quantitative estimate of drug-likeness (QED) is 0.581. The van der Waals surface area contributed by atoms with Crippen molar-refractivity contribution in [3.63, 3.8) is 0 Å². The summed E-state index contributed by atoms with van der Waals surface area (Å²) in [6.07, 6.45) is 4.45. The van der Waals surface area contributed by atoms with E-state index in [1.54, 1.807) is 7.11 Å². The number of methoxy groups -OCH3 is 1. The molecule has 1 aliphatic heterocycles. The molecule has 0 bridgehead atoms. The van der Waals surface area contributed by atoms with Crippen LogP contribution in [0.15, 0.2) is 48.5 Å². The topological polar surface area (TPSA) is 79.8 Å². The molecule has 148 valence electrons. The van der Waals surface area contributed by atoms with Crippen LogP contribution in [0.2, 0.25) is 0 Å². The van der Waals surface area contributed by atoms with Gasteiger partial charge in [0.1, 0.15) is 24.2 Å². The molecule has 0 aromatic heterocycles. The average molecular weight is 382 g/mol. The molecule has 0 saturated carbocycles. The van der Waals surface area contributed by atoms with E-state index < -0.39 is 6.10 Å². The number of aliphatic hydroxyl groups is 1. The van der Waals surface area contributed by atoms with Gasteiger partial charge in [-0.25, -0.2) is 0 Å². The highest BCUT2D eigenvalue weighted by Gasteiger charge is 2.18. The summed E-state index contributed by atoms with van der Waals surface area (Å²) in [5.41, 5.74) is 2.79. The van der Waals surface area contributed by atoms with E-state index in [1.165, 1.54) is 0 Å². The van der Waals surface area contributed by atoms with Crippen LogP contribution in [0.4, 0.5) is 5.69 Å². The summed E-state index contributed by atoms with van der Waals surface area (Å²) < 4.78 is 11.1. The zero-order chi connectivity index (χ0) is 19.8.